The minimum Gasteiger partial charge on any atom is -0.406 e. The molecule has 1 aliphatic rings. The van der Waals surface area contributed by atoms with Gasteiger partial charge < -0.3 is 10.1 Å². The number of nitrogens with one attached hydrogen (secondary N) is 1. The van der Waals surface area contributed by atoms with Crippen molar-refractivity contribution < 1.29 is 27.1 Å². The average molecular weight is 584 g/mol. The summed E-state index contributed by atoms with van der Waals surface area (Å²) in [6, 6.07) is 12.9. The molecule has 0 bridgehead atoms. The van der Waals surface area contributed by atoms with Gasteiger partial charge >= 0.3 is 12.4 Å². The van der Waals surface area contributed by atoms with E-state index in [2.05, 4.69) is 19.9 Å². The molecule has 0 aliphatic carbocycles. The highest BCUT2D eigenvalue weighted by Gasteiger charge is 2.32. The summed E-state index contributed by atoms with van der Waals surface area (Å²) in [5.41, 5.74) is 3.12. The summed E-state index contributed by atoms with van der Waals surface area (Å²) < 4.78 is 58.3. The first-order valence-electron chi connectivity index (χ1n) is 12.5. The van der Waals surface area contributed by atoms with Crippen LogP contribution in [0.1, 0.15) is 27.9 Å². The molecule has 0 unspecified atom stereocenters. The van der Waals surface area contributed by atoms with Gasteiger partial charge in [0, 0.05) is 55.9 Å². The Bertz CT molecular complexity index is 1690. The lowest BCUT2D eigenvalue weighted by atomic mass is 10.0. The smallest absolute Gasteiger partial charge is 0.406 e. The largest absolute Gasteiger partial charge is 0.573 e. The third-order valence-electron chi connectivity index (χ3n) is 6.66. The number of hydrogen-bond acceptors (Lipinski definition) is 5. The summed E-state index contributed by atoms with van der Waals surface area (Å²) in [6.45, 7) is 1.67. The molecule has 7 nitrogen and oxygen atoms in total. The Morgan fingerprint density at radius 2 is 2.02 bits per heavy atom. The van der Waals surface area contributed by atoms with Crippen LogP contribution in [0.5, 0.6) is 5.75 Å². The molecule has 0 saturated carbocycles. The number of nitrogens with zero attached hydrogens (tertiary/aromatic N) is 4. The van der Waals surface area contributed by atoms with Crippen molar-refractivity contribution in [1.29, 1.82) is 5.26 Å². The number of hydrogen-bond donors (Lipinski definition) is 1. The molecule has 5 rings (SSSR count). The lowest BCUT2D eigenvalue weighted by Gasteiger charge is -2.27. The van der Waals surface area contributed by atoms with Crippen molar-refractivity contribution in [3.63, 3.8) is 0 Å². The van der Waals surface area contributed by atoms with Crippen molar-refractivity contribution in [2.75, 3.05) is 13.1 Å². The highest BCUT2D eigenvalue weighted by Crippen LogP contribution is 2.34. The number of pyridine rings is 1. The Balaban J connectivity index is 1.41. The molecule has 2 aromatic carbocycles. The number of ether oxygens (including phenoxy) is 1. The Labute approximate surface area is 237 Å². The molecule has 41 heavy (non-hydrogen) atoms. The van der Waals surface area contributed by atoms with Gasteiger partial charge in [0.2, 0.25) is 0 Å². The Morgan fingerprint density at radius 3 is 2.76 bits per heavy atom. The maximum absolute atomic E-state index is 13.9. The normalized spacial score (nSPS) is 13.8. The predicted molar refractivity (Wildman–Crippen MR) is 145 cm³/mol. The third-order valence-corrected chi connectivity index (χ3v) is 6.87. The molecule has 4 aromatic rings. The van der Waals surface area contributed by atoms with Gasteiger partial charge in [0.25, 0.3) is 0 Å². The quantitative estimate of drug-likeness (QED) is 0.209. The Kier molecular flexibility index (Phi) is 7.97. The summed E-state index contributed by atoms with van der Waals surface area (Å²) in [4.78, 5) is 19.4. The molecule has 0 radical (unpaired) electrons. The number of aromatic nitrogens is 2. The molecular formula is C29H22ClF4N5O2. The zero-order valence-corrected chi connectivity index (χ0v) is 22.1. The second-order valence-corrected chi connectivity index (χ2v) is 9.76. The van der Waals surface area contributed by atoms with Gasteiger partial charge in [-0.25, -0.2) is 14.2 Å². The molecule has 1 aliphatic heterocycles. The fourth-order valence-electron chi connectivity index (χ4n) is 4.85. The van der Waals surface area contributed by atoms with Crippen LogP contribution >= 0.6 is 11.6 Å². The summed E-state index contributed by atoms with van der Waals surface area (Å²) in [5.74, 6) is -1.02. The van der Waals surface area contributed by atoms with Gasteiger partial charge in [0.1, 0.15) is 22.8 Å². The second-order valence-electron chi connectivity index (χ2n) is 9.37. The zero-order valence-electron chi connectivity index (χ0n) is 21.4. The molecular weight excluding hydrogens is 562 g/mol. The molecule has 0 saturated heterocycles. The van der Waals surface area contributed by atoms with Crippen molar-refractivity contribution in [3.8, 4) is 11.8 Å². The van der Waals surface area contributed by atoms with Crippen LogP contribution in [-0.4, -0.2) is 39.9 Å². The standard InChI is InChI=1S/C29H22ClF4N5O2/c30-27-13-19(7-9-36-27)16-37-28(40)39-25-8-11-38(10-1-2-18-3-4-20(15-35)24(31)12-18)17-23(25)22-6-5-21(14-26(22)39)41-29(32,33)34/h1-7,9,12-14H,8,10-11,16-17H2,(H,37,40). The van der Waals surface area contributed by atoms with Gasteiger partial charge in [0.15, 0.2) is 0 Å². The predicted octanol–water partition coefficient (Wildman–Crippen LogP) is 6.43. The van der Waals surface area contributed by atoms with Crippen molar-refractivity contribution >= 4 is 34.6 Å². The van der Waals surface area contributed by atoms with Gasteiger partial charge in [-0.3, -0.25) is 9.47 Å². The minimum absolute atomic E-state index is 0.0282. The number of nitriles is 1. The zero-order chi connectivity index (χ0) is 29.1. The first-order chi connectivity index (χ1) is 19.6. The second kappa shape index (κ2) is 11.6. The number of rotatable bonds is 6. The van der Waals surface area contributed by atoms with Crippen LogP contribution in [0.2, 0.25) is 5.15 Å². The monoisotopic (exact) mass is 583 g/mol. The van der Waals surface area contributed by atoms with E-state index in [9.17, 15) is 22.4 Å². The molecule has 210 valence electrons. The molecule has 0 atom stereocenters. The molecule has 0 fully saturated rings. The maximum atomic E-state index is 13.9. The van der Waals surface area contributed by atoms with Crippen LogP contribution in [0.25, 0.3) is 17.0 Å². The number of amides is 1. The number of benzene rings is 2. The molecule has 1 amide bonds. The van der Waals surface area contributed by atoms with E-state index in [-0.39, 0.29) is 17.3 Å². The van der Waals surface area contributed by atoms with Gasteiger partial charge in [-0.15, -0.1) is 13.2 Å². The summed E-state index contributed by atoms with van der Waals surface area (Å²) in [6.07, 6.45) is 0.718. The van der Waals surface area contributed by atoms with Crippen LogP contribution < -0.4 is 10.1 Å². The maximum Gasteiger partial charge on any atom is 0.573 e. The molecule has 3 heterocycles. The lowest BCUT2D eigenvalue weighted by molar-refractivity contribution is -0.274. The van der Waals surface area contributed by atoms with E-state index < -0.39 is 24.0 Å². The van der Waals surface area contributed by atoms with Crippen molar-refractivity contribution in [2.45, 2.75) is 25.9 Å². The summed E-state index contributed by atoms with van der Waals surface area (Å²) >= 11 is 5.93. The SMILES string of the molecule is N#Cc1ccc(C=CCN2CCc3c(c4ccc(OC(F)(F)F)cc4n3C(=O)NCc3ccnc(Cl)c3)C2)cc1F. The van der Waals surface area contributed by atoms with E-state index >= 15 is 0 Å². The van der Waals surface area contributed by atoms with Gasteiger partial charge in [-0.05, 0) is 53.1 Å². The molecule has 12 heteroatoms. The van der Waals surface area contributed by atoms with Crippen molar-refractivity contribution in [2.24, 2.45) is 0 Å². The third kappa shape index (κ3) is 6.51. The average Bonchev–Trinajstić information content (AvgIpc) is 3.24. The number of halogens is 5. The van der Waals surface area contributed by atoms with E-state index in [0.29, 0.717) is 53.8 Å². The topological polar surface area (TPSA) is 83.2 Å². The van der Waals surface area contributed by atoms with Crippen LogP contribution in [-0.2, 0) is 19.5 Å². The van der Waals surface area contributed by atoms with Gasteiger partial charge in [-0.1, -0.05) is 29.8 Å². The van der Waals surface area contributed by atoms with Crippen molar-refractivity contribution in [1.82, 2.24) is 19.8 Å². The van der Waals surface area contributed by atoms with E-state index in [1.54, 1.807) is 30.3 Å². The summed E-state index contributed by atoms with van der Waals surface area (Å²) in [7, 11) is 0. The number of fused-ring (bicyclic) bond motifs is 3. The fraction of sp³-hybridized carbons (Fsp3) is 0.207. The first kappa shape index (κ1) is 28.1. The minimum atomic E-state index is -4.88. The van der Waals surface area contributed by atoms with E-state index in [0.717, 1.165) is 5.56 Å². The van der Waals surface area contributed by atoms with Crippen LogP contribution in [0.4, 0.5) is 22.4 Å². The Hall–Kier alpha value is -4.40. The fourth-order valence-corrected chi connectivity index (χ4v) is 5.05. The summed E-state index contributed by atoms with van der Waals surface area (Å²) in [5, 5.41) is 12.6. The Morgan fingerprint density at radius 1 is 1.20 bits per heavy atom. The van der Waals surface area contributed by atoms with Crippen LogP contribution in [0.3, 0.4) is 0 Å². The lowest BCUT2D eigenvalue weighted by Crippen LogP contribution is -2.34. The van der Waals surface area contributed by atoms with E-state index in [1.165, 1.54) is 41.1 Å². The molecule has 0 spiro atoms. The molecule has 2 aromatic heterocycles. The first-order valence-corrected chi connectivity index (χ1v) is 12.9. The number of carbonyl (C=O) groups is 1. The highest BCUT2D eigenvalue weighted by molar-refractivity contribution is 6.29. The number of alkyl halides is 3. The van der Waals surface area contributed by atoms with Crippen LogP contribution in [0.15, 0.2) is 60.8 Å². The molecule has 1 N–H and O–H groups in total. The van der Waals surface area contributed by atoms with Gasteiger partial charge in [-0.2, -0.15) is 5.26 Å². The highest BCUT2D eigenvalue weighted by atomic mass is 35.5. The van der Waals surface area contributed by atoms with Crippen LogP contribution in [0, 0.1) is 17.1 Å². The van der Waals surface area contributed by atoms with Gasteiger partial charge in [0.05, 0.1) is 11.1 Å². The van der Waals surface area contributed by atoms with Crippen molar-refractivity contribution in [3.05, 3.63) is 99.7 Å². The van der Waals surface area contributed by atoms with E-state index in [4.69, 9.17) is 16.9 Å². The van der Waals surface area contributed by atoms with E-state index in [1.807, 2.05) is 6.08 Å². The number of carbonyl (C=O) groups excluding carboxylic acids is 1.